The first-order valence-electron chi connectivity index (χ1n) is 8.77. The van der Waals surface area contributed by atoms with Crippen molar-refractivity contribution in [3.05, 3.63) is 11.6 Å². The molecule has 0 amide bonds. The summed E-state index contributed by atoms with van der Waals surface area (Å²) in [6, 6.07) is 0. The minimum atomic E-state index is 1.10. The van der Waals surface area contributed by atoms with Crippen molar-refractivity contribution in [1.29, 1.82) is 0 Å². The standard InChI is InChI=1S/C18H29N/c1(3-13-4-2-6-19-12-13)5-18-16-8-14-7-15(10-16)11-17(18)9-14/h3,14-19H,1-2,4-12H2/b13-3+. The van der Waals surface area contributed by atoms with Crippen LogP contribution in [0.3, 0.4) is 0 Å². The molecule has 106 valence electrons. The zero-order valence-corrected chi connectivity index (χ0v) is 12.2. The molecule has 0 aromatic heterocycles. The van der Waals surface area contributed by atoms with Crippen LogP contribution in [0.1, 0.15) is 57.8 Å². The average molecular weight is 259 g/mol. The predicted octanol–water partition coefficient (Wildman–Crippen LogP) is 4.15. The van der Waals surface area contributed by atoms with Gasteiger partial charge in [-0.3, -0.25) is 0 Å². The van der Waals surface area contributed by atoms with Crippen LogP contribution in [-0.2, 0) is 0 Å². The first-order valence-corrected chi connectivity index (χ1v) is 8.77. The molecular weight excluding hydrogens is 230 g/mol. The van der Waals surface area contributed by atoms with Crippen molar-refractivity contribution >= 4 is 0 Å². The summed E-state index contributed by atoms with van der Waals surface area (Å²) in [6.45, 7) is 2.40. The van der Waals surface area contributed by atoms with Gasteiger partial charge in [0.15, 0.2) is 0 Å². The Morgan fingerprint density at radius 3 is 2.37 bits per heavy atom. The third-order valence-electron chi connectivity index (χ3n) is 6.56. The summed E-state index contributed by atoms with van der Waals surface area (Å²) >= 11 is 0. The van der Waals surface area contributed by atoms with E-state index in [0.29, 0.717) is 0 Å². The molecular formula is C18H29N. The van der Waals surface area contributed by atoms with E-state index >= 15 is 0 Å². The smallest absolute Gasteiger partial charge is 0.0164 e. The van der Waals surface area contributed by atoms with Crippen molar-refractivity contribution < 1.29 is 0 Å². The van der Waals surface area contributed by atoms with Crippen LogP contribution in [-0.4, -0.2) is 13.1 Å². The molecule has 1 N–H and O–H groups in total. The summed E-state index contributed by atoms with van der Waals surface area (Å²) in [5.41, 5.74) is 1.69. The van der Waals surface area contributed by atoms with Crippen LogP contribution >= 0.6 is 0 Å². The van der Waals surface area contributed by atoms with Crippen molar-refractivity contribution in [2.45, 2.75) is 57.8 Å². The van der Waals surface area contributed by atoms with E-state index in [4.69, 9.17) is 0 Å². The summed E-state index contributed by atoms with van der Waals surface area (Å²) in [5.74, 6) is 5.62. The fourth-order valence-corrected chi connectivity index (χ4v) is 5.94. The molecule has 1 nitrogen and oxygen atoms in total. The van der Waals surface area contributed by atoms with E-state index in [1.54, 1.807) is 37.7 Å². The highest BCUT2D eigenvalue weighted by atomic mass is 14.9. The molecule has 4 bridgehead atoms. The van der Waals surface area contributed by atoms with Gasteiger partial charge in [-0.25, -0.2) is 0 Å². The van der Waals surface area contributed by atoms with E-state index in [2.05, 4.69) is 11.4 Å². The van der Waals surface area contributed by atoms with Gasteiger partial charge in [-0.1, -0.05) is 11.6 Å². The monoisotopic (exact) mass is 259 g/mol. The molecule has 4 saturated carbocycles. The molecule has 0 aromatic rings. The van der Waals surface area contributed by atoms with Gasteiger partial charge >= 0.3 is 0 Å². The summed E-state index contributed by atoms with van der Waals surface area (Å²) < 4.78 is 0. The quantitative estimate of drug-likeness (QED) is 0.751. The molecule has 5 fully saturated rings. The number of nitrogens with one attached hydrogen (secondary N) is 1. The van der Waals surface area contributed by atoms with Crippen molar-refractivity contribution in [3.63, 3.8) is 0 Å². The average Bonchev–Trinajstić information content (AvgIpc) is 2.42. The lowest BCUT2D eigenvalue weighted by atomic mass is 9.51. The van der Waals surface area contributed by atoms with E-state index < -0.39 is 0 Å². The van der Waals surface area contributed by atoms with Gasteiger partial charge in [0.2, 0.25) is 0 Å². The van der Waals surface area contributed by atoms with Crippen LogP contribution in [0.2, 0.25) is 0 Å². The molecule has 1 heteroatoms. The summed E-state index contributed by atoms with van der Waals surface area (Å²) in [5, 5.41) is 3.51. The Kier molecular flexibility index (Phi) is 3.43. The highest BCUT2D eigenvalue weighted by Crippen LogP contribution is 2.57. The molecule has 0 unspecified atom stereocenters. The maximum Gasteiger partial charge on any atom is 0.0164 e. The van der Waals surface area contributed by atoms with Gasteiger partial charge < -0.3 is 5.32 Å². The molecule has 1 heterocycles. The molecule has 5 rings (SSSR count). The van der Waals surface area contributed by atoms with Gasteiger partial charge in [-0.2, -0.15) is 0 Å². The molecule has 0 aromatic carbocycles. The fraction of sp³-hybridized carbons (Fsp3) is 0.889. The van der Waals surface area contributed by atoms with E-state index in [-0.39, 0.29) is 0 Å². The van der Waals surface area contributed by atoms with Gasteiger partial charge in [0, 0.05) is 6.54 Å². The highest BCUT2D eigenvalue weighted by Gasteiger charge is 2.47. The minimum Gasteiger partial charge on any atom is -0.313 e. The number of allylic oxidation sites excluding steroid dienone is 1. The van der Waals surface area contributed by atoms with Crippen molar-refractivity contribution in [2.24, 2.45) is 29.6 Å². The second-order valence-electron chi connectivity index (χ2n) is 7.81. The number of piperidine rings is 1. The van der Waals surface area contributed by atoms with Crippen LogP contribution in [0.25, 0.3) is 0 Å². The molecule has 0 spiro atoms. The van der Waals surface area contributed by atoms with Crippen LogP contribution < -0.4 is 5.32 Å². The van der Waals surface area contributed by atoms with E-state index in [0.717, 1.165) is 29.6 Å². The van der Waals surface area contributed by atoms with Crippen LogP contribution in [0.4, 0.5) is 0 Å². The minimum absolute atomic E-state index is 1.10. The molecule has 5 aliphatic rings. The first kappa shape index (κ1) is 12.4. The van der Waals surface area contributed by atoms with E-state index in [1.807, 2.05) is 0 Å². The van der Waals surface area contributed by atoms with Crippen molar-refractivity contribution in [1.82, 2.24) is 5.32 Å². The number of rotatable bonds is 3. The van der Waals surface area contributed by atoms with E-state index in [1.165, 1.54) is 38.8 Å². The second kappa shape index (κ2) is 5.24. The normalized spacial score (nSPS) is 46.9. The maximum atomic E-state index is 3.51. The van der Waals surface area contributed by atoms with Gasteiger partial charge in [-0.15, -0.1) is 0 Å². The molecule has 4 aliphatic carbocycles. The van der Waals surface area contributed by atoms with Crippen molar-refractivity contribution in [3.8, 4) is 0 Å². The molecule has 0 atom stereocenters. The topological polar surface area (TPSA) is 12.0 Å². The van der Waals surface area contributed by atoms with Crippen molar-refractivity contribution in [2.75, 3.05) is 13.1 Å². The Hall–Kier alpha value is -0.300. The third-order valence-corrected chi connectivity index (χ3v) is 6.56. The van der Waals surface area contributed by atoms with Gasteiger partial charge in [0.05, 0.1) is 0 Å². The number of hydrogen-bond donors (Lipinski definition) is 1. The maximum absolute atomic E-state index is 3.51. The Balaban J connectivity index is 1.33. The Morgan fingerprint density at radius 2 is 1.74 bits per heavy atom. The molecule has 19 heavy (non-hydrogen) atoms. The van der Waals surface area contributed by atoms with Crippen LogP contribution in [0.15, 0.2) is 11.6 Å². The number of hydrogen-bond acceptors (Lipinski definition) is 1. The van der Waals surface area contributed by atoms with Crippen LogP contribution in [0, 0.1) is 29.6 Å². The Bertz CT molecular complexity index is 321. The zero-order valence-electron chi connectivity index (χ0n) is 12.2. The molecule has 1 saturated heterocycles. The summed E-state index contributed by atoms with van der Waals surface area (Å²) in [6.07, 6.45) is 16.1. The van der Waals surface area contributed by atoms with Crippen LogP contribution in [0.5, 0.6) is 0 Å². The molecule has 0 radical (unpaired) electrons. The fourth-order valence-electron chi connectivity index (χ4n) is 5.94. The lowest BCUT2D eigenvalue weighted by Gasteiger charge is -2.54. The highest BCUT2D eigenvalue weighted by molar-refractivity contribution is 5.07. The Labute approximate surface area is 118 Å². The van der Waals surface area contributed by atoms with Gasteiger partial charge in [-0.05, 0) is 93.9 Å². The Morgan fingerprint density at radius 1 is 1.00 bits per heavy atom. The molecule has 1 aliphatic heterocycles. The largest absolute Gasteiger partial charge is 0.313 e. The lowest BCUT2D eigenvalue weighted by molar-refractivity contribution is -0.0391. The van der Waals surface area contributed by atoms with Gasteiger partial charge in [0.1, 0.15) is 0 Å². The second-order valence-corrected chi connectivity index (χ2v) is 7.81. The SMILES string of the molecule is C(/CCC1C2CC3CC(C2)CC1C3)=C1/CCCNC1. The zero-order chi connectivity index (χ0) is 12.7. The summed E-state index contributed by atoms with van der Waals surface area (Å²) in [7, 11) is 0. The predicted molar refractivity (Wildman–Crippen MR) is 80.0 cm³/mol. The van der Waals surface area contributed by atoms with Gasteiger partial charge in [0.25, 0.3) is 0 Å². The third kappa shape index (κ3) is 2.51. The first-order chi connectivity index (χ1) is 9.38. The summed E-state index contributed by atoms with van der Waals surface area (Å²) in [4.78, 5) is 0. The van der Waals surface area contributed by atoms with E-state index in [9.17, 15) is 0 Å². The lowest BCUT2D eigenvalue weighted by Crippen LogP contribution is -2.44.